The van der Waals surface area contributed by atoms with Crippen LogP contribution >= 0.6 is 0 Å². The van der Waals surface area contributed by atoms with Crippen LogP contribution in [0.3, 0.4) is 0 Å². The molecule has 0 spiro atoms. The molecule has 0 atom stereocenters. The van der Waals surface area contributed by atoms with Crippen LogP contribution in [0.5, 0.6) is 0 Å². The van der Waals surface area contributed by atoms with Gasteiger partial charge in [0, 0.05) is 30.9 Å². The Morgan fingerprint density at radius 3 is 2.31 bits per heavy atom. The zero-order chi connectivity index (χ0) is 23.5. The summed E-state index contributed by atoms with van der Waals surface area (Å²) in [4.78, 5) is 38.7. The summed E-state index contributed by atoms with van der Waals surface area (Å²) in [6.07, 6.45) is -1.09. The number of amides is 1. The highest BCUT2D eigenvalue weighted by molar-refractivity contribution is 5.90. The highest BCUT2D eigenvalue weighted by Crippen LogP contribution is 2.24. The molecule has 3 heterocycles. The van der Waals surface area contributed by atoms with Crippen LogP contribution in [0.25, 0.3) is 22.2 Å². The van der Waals surface area contributed by atoms with Gasteiger partial charge in [0.1, 0.15) is 12.4 Å². The Morgan fingerprint density at radius 2 is 1.75 bits per heavy atom. The zero-order valence-electron chi connectivity index (χ0n) is 16.5. The van der Waals surface area contributed by atoms with E-state index in [0.29, 0.717) is 13.0 Å². The molecule has 0 bridgehead atoms. The SMILES string of the molecule is O=C(O)C(F)(F)F.O=C1CCN(C(=O)Cn2ccc3ncc(-c4ccc(F)cc4)cc32)C1. The maximum absolute atomic E-state index is 13.1. The topological polar surface area (TPSA) is 92.5 Å². The van der Waals surface area contributed by atoms with Crippen LogP contribution in [0.1, 0.15) is 6.42 Å². The van der Waals surface area contributed by atoms with Crippen LogP contribution in [-0.4, -0.2) is 56.5 Å². The molecule has 11 heteroatoms. The molecule has 7 nitrogen and oxygen atoms in total. The summed E-state index contributed by atoms with van der Waals surface area (Å²) in [6.45, 7) is 0.873. The van der Waals surface area contributed by atoms with E-state index in [1.54, 1.807) is 23.2 Å². The quantitative estimate of drug-likeness (QED) is 0.617. The number of carboxylic acids is 1. The van der Waals surface area contributed by atoms with E-state index >= 15 is 0 Å². The van der Waals surface area contributed by atoms with Crippen molar-refractivity contribution in [3.05, 3.63) is 54.6 Å². The summed E-state index contributed by atoms with van der Waals surface area (Å²) in [6, 6.07) is 10.0. The number of carboxylic acid groups (broad SMARTS) is 1. The molecule has 0 unspecified atom stereocenters. The minimum absolute atomic E-state index is 0.0736. The van der Waals surface area contributed by atoms with Crippen molar-refractivity contribution in [3.8, 4) is 11.1 Å². The lowest BCUT2D eigenvalue weighted by Gasteiger charge is -2.15. The highest BCUT2D eigenvalue weighted by atomic mass is 19.4. The summed E-state index contributed by atoms with van der Waals surface area (Å²) in [5, 5.41) is 7.12. The van der Waals surface area contributed by atoms with Gasteiger partial charge in [-0.15, -0.1) is 0 Å². The molecule has 4 rings (SSSR count). The third-order valence-corrected chi connectivity index (χ3v) is 4.73. The lowest BCUT2D eigenvalue weighted by atomic mass is 10.1. The molecule has 0 aliphatic carbocycles. The van der Waals surface area contributed by atoms with Crippen LogP contribution in [-0.2, 0) is 20.9 Å². The molecule has 32 heavy (non-hydrogen) atoms. The molecule has 1 aromatic carbocycles. The molecule has 1 fully saturated rings. The number of carbonyl (C=O) groups excluding carboxylic acids is 2. The van der Waals surface area contributed by atoms with Gasteiger partial charge in [-0.05, 0) is 29.8 Å². The molecular weight excluding hydrogens is 434 g/mol. The average molecular weight is 451 g/mol. The van der Waals surface area contributed by atoms with Crippen molar-refractivity contribution in [3.63, 3.8) is 0 Å². The van der Waals surface area contributed by atoms with E-state index in [2.05, 4.69) is 4.98 Å². The molecular formula is C21H17F4N3O4. The van der Waals surface area contributed by atoms with Crippen LogP contribution in [0.4, 0.5) is 17.6 Å². The van der Waals surface area contributed by atoms with Crippen molar-refractivity contribution in [1.82, 2.24) is 14.5 Å². The first-order valence-electron chi connectivity index (χ1n) is 9.35. The largest absolute Gasteiger partial charge is 0.490 e. The van der Waals surface area contributed by atoms with E-state index in [0.717, 1.165) is 22.2 Å². The standard InChI is InChI=1S/C19H16FN3O2.C2HF3O2/c20-15-3-1-13(2-4-15)14-9-18-17(21-10-14)6-8-22(18)12-19(25)23-7-5-16(24)11-23;3-2(4,5)1(6)7/h1-4,6,8-10H,5,7,11-12H2;(H,6,7). The predicted octanol–water partition coefficient (Wildman–Crippen LogP) is 3.28. The number of aromatic nitrogens is 2. The fourth-order valence-electron chi connectivity index (χ4n) is 3.09. The van der Waals surface area contributed by atoms with Crippen molar-refractivity contribution < 1.29 is 37.1 Å². The Morgan fingerprint density at radius 1 is 1.09 bits per heavy atom. The number of fused-ring (bicyclic) bond motifs is 1. The van der Waals surface area contributed by atoms with Gasteiger partial charge in [0.05, 0.1) is 17.6 Å². The third kappa shape index (κ3) is 5.48. The van der Waals surface area contributed by atoms with E-state index < -0.39 is 12.1 Å². The predicted molar refractivity (Wildman–Crippen MR) is 105 cm³/mol. The van der Waals surface area contributed by atoms with Crippen molar-refractivity contribution in [2.24, 2.45) is 0 Å². The number of hydrogen-bond acceptors (Lipinski definition) is 4. The minimum Gasteiger partial charge on any atom is -0.475 e. The van der Waals surface area contributed by atoms with Crippen LogP contribution < -0.4 is 0 Å². The van der Waals surface area contributed by atoms with Crippen molar-refractivity contribution in [1.29, 1.82) is 0 Å². The Kier molecular flexibility index (Phi) is 6.56. The van der Waals surface area contributed by atoms with Crippen LogP contribution in [0.15, 0.2) is 48.8 Å². The number of benzene rings is 1. The maximum atomic E-state index is 13.1. The number of likely N-dealkylation sites (tertiary alicyclic amines) is 1. The number of rotatable bonds is 3. The van der Waals surface area contributed by atoms with Gasteiger partial charge in [0.2, 0.25) is 5.91 Å². The molecule has 1 saturated heterocycles. The number of pyridine rings is 1. The lowest BCUT2D eigenvalue weighted by molar-refractivity contribution is -0.192. The molecule has 0 saturated carbocycles. The normalized spacial score (nSPS) is 13.8. The fourth-order valence-corrected chi connectivity index (χ4v) is 3.09. The Bertz CT molecular complexity index is 1160. The molecule has 168 valence electrons. The van der Waals surface area contributed by atoms with E-state index in [4.69, 9.17) is 9.90 Å². The van der Waals surface area contributed by atoms with Gasteiger partial charge >= 0.3 is 12.1 Å². The number of halogens is 4. The van der Waals surface area contributed by atoms with Gasteiger partial charge < -0.3 is 14.6 Å². The lowest BCUT2D eigenvalue weighted by Crippen LogP contribution is -2.31. The Labute approximate surface area is 178 Å². The first kappa shape index (κ1) is 22.9. The molecule has 2 aromatic heterocycles. The van der Waals surface area contributed by atoms with Gasteiger partial charge in [0.25, 0.3) is 0 Å². The number of alkyl halides is 3. The van der Waals surface area contributed by atoms with Gasteiger partial charge in [0.15, 0.2) is 5.78 Å². The Balaban J connectivity index is 0.000000360. The minimum atomic E-state index is -5.08. The number of ketones is 1. The van der Waals surface area contributed by atoms with Crippen molar-refractivity contribution in [2.75, 3.05) is 13.1 Å². The Hall–Kier alpha value is -3.76. The molecule has 0 radical (unpaired) electrons. The van der Waals surface area contributed by atoms with Gasteiger partial charge in [-0.25, -0.2) is 9.18 Å². The van der Waals surface area contributed by atoms with Gasteiger partial charge in [-0.3, -0.25) is 14.6 Å². The number of aliphatic carboxylic acids is 1. The first-order valence-corrected chi connectivity index (χ1v) is 9.35. The van der Waals surface area contributed by atoms with Crippen molar-refractivity contribution >= 4 is 28.7 Å². The first-order chi connectivity index (χ1) is 15.0. The maximum Gasteiger partial charge on any atom is 0.490 e. The molecule has 1 aliphatic rings. The third-order valence-electron chi connectivity index (χ3n) is 4.73. The number of Topliss-reactive ketones (excluding diaryl/α,β-unsaturated/α-hetero) is 1. The molecule has 1 amide bonds. The highest BCUT2D eigenvalue weighted by Gasteiger charge is 2.38. The fraction of sp³-hybridized carbons (Fsp3) is 0.238. The van der Waals surface area contributed by atoms with E-state index in [1.807, 2.05) is 22.9 Å². The second-order valence-corrected chi connectivity index (χ2v) is 6.99. The monoisotopic (exact) mass is 451 g/mol. The van der Waals surface area contributed by atoms with E-state index in [1.165, 1.54) is 12.1 Å². The summed E-state index contributed by atoms with van der Waals surface area (Å²) >= 11 is 0. The van der Waals surface area contributed by atoms with E-state index in [9.17, 15) is 27.2 Å². The summed E-state index contributed by atoms with van der Waals surface area (Å²) in [5.74, 6) is -3.01. The van der Waals surface area contributed by atoms with E-state index in [-0.39, 0.29) is 30.6 Å². The van der Waals surface area contributed by atoms with Gasteiger partial charge in [-0.1, -0.05) is 12.1 Å². The second-order valence-electron chi connectivity index (χ2n) is 6.99. The average Bonchev–Trinajstić information content (AvgIpc) is 3.34. The van der Waals surface area contributed by atoms with Crippen LogP contribution in [0, 0.1) is 5.82 Å². The van der Waals surface area contributed by atoms with Gasteiger partial charge in [-0.2, -0.15) is 13.2 Å². The molecule has 1 aliphatic heterocycles. The summed E-state index contributed by atoms with van der Waals surface area (Å²) in [7, 11) is 0. The second kappa shape index (κ2) is 9.16. The molecule has 1 N–H and O–H groups in total. The summed E-state index contributed by atoms with van der Waals surface area (Å²) < 4.78 is 46.7. The number of nitrogens with zero attached hydrogens (tertiary/aromatic N) is 3. The van der Waals surface area contributed by atoms with Crippen LogP contribution in [0.2, 0.25) is 0 Å². The van der Waals surface area contributed by atoms with Crippen molar-refractivity contribution in [2.45, 2.75) is 19.1 Å². The number of carbonyl (C=O) groups is 3. The number of hydrogen-bond donors (Lipinski definition) is 1. The summed E-state index contributed by atoms with van der Waals surface area (Å²) in [5.41, 5.74) is 3.34. The zero-order valence-corrected chi connectivity index (χ0v) is 16.5. The molecule has 3 aromatic rings. The smallest absolute Gasteiger partial charge is 0.475 e.